The quantitative estimate of drug-likeness (QED) is 0.779. The summed E-state index contributed by atoms with van der Waals surface area (Å²) in [7, 11) is 0. The molecule has 2 heteroatoms. The van der Waals surface area contributed by atoms with Gasteiger partial charge in [-0.2, -0.15) is 0 Å². The Morgan fingerprint density at radius 1 is 1.36 bits per heavy atom. The third-order valence-corrected chi connectivity index (χ3v) is 7.20. The molecule has 0 aliphatic heterocycles. The van der Waals surface area contributed by atoms with E-state index in [2.05, 4.69) is 19.9 Å². The van der Waals surface area contributed by atoms with E-state index in [9.17, 15) is 9.90 Å². The molecule has 0 radical (unpaired) electrons. The first-order valence-corrected chi connectivity index (χ1v) is 9.29. The van der Waals surface area contributed by atoms with E-state index >= 15 is 0 Å². The van der Waals surface area contributed by atoms with Crippen LogP contribution >= 0.6 is 0 Å². The number of carbonyl (C=O) groups excluding carboxylic acids is 1. The van der Waals surface area contributed by atoms with Crippen molar-refractivity contribution in [2.45, 2.75) is 78.2 Å². The summed E-state index contributed by atoms with van der Waals surface area (Å²) in [5.74, 6) is 3.34. The maximum atomic E-state index is 11.4. The molecule has 0 bridgehead atoms. The van der Waals surface area contributed by atoms with E-state index in [1.807, 2.05) is 0 Å². The van der Waals surface area contributed by atoms with Gasteiger partial charge in [-0.1, -0.05) is 31.9 Å². The minimum atomic E-state index is -0.119. The van der Waals surface area contributed by atoms with Crippen molar-refractivity contribution in [1.82, 2.24) is 0 Å². The molecular formula is C20H32O2. The van der Waals surface area contributed by atoms with E-state index in [4.69, 9.17) is 0 Å². The normalized spacial score (nSPS) is 44.7. The highest BCUT2D eigenvalue weighted by Gasteiger charge is 2.50. The van der Waals surface area contributed by atoms with Crippen LogP contribution in [0.2, 0.25) is 0 Å². The predicted octanol–water partition coefficient (Wildman–Crippen LogP) is 4.52. The molecule has 0 saturated heterocycles. The third-order valence-electron chi connectivity index (χ3n) is 7.20. The van der Waals surface area contributed by atoms with Crippen molar-refractivity contribution in [1.29, 1.82) is 0 Å². The van der Waals surface area contributed by atoms with Gasteiger partial charge < -0.3 is 9.90 Å². The highest BCUT2D eigenvalue weighted by Crippen LogP contribution is 2.59. The second-order valence-electron chi connectivity index (χ2n) is 8.51. The van der Waals surface area contributed by atoms with Crippen LogP contribution in [0.4, 0.5) is 0 Å². The van der Waals surface area contributed by atoms with Crippen molar-refractivity contribution in [2.24, 2.45) is 29.1 Å². The molecule has 3 aliphatic carbocycles. The standard InChI is InChI=1S/C20H32O2/c1-13-4-9-19-18(17(13)7-5-14(2)21)8-6-15-12-16(22)10-11-20(15,19)3/h6,13,16-19,22H,4-5,7-12H2,1-3H3/t13-,16+,17?,18?,19?,20+/m1/s1. The fourth-order valence-corrected chi connectivity index (χ4v) is 5.82. The van der Waals surface area contributed by atoms with Gasteiger partial charge in [-0.3, -0.25) is 0 Å². The van der Waals surface area contributed by atoms with Gasteiger partial charge in [0, 0.05) is 6.42 Å². The molecule has 1 N–H and O–H groups in total. The molecular weight excluding hydrogens is 272 g/mol. The largest absolute Gasteiger partial charge is 0.393 e. The number of hydrogen-bond donors (Lipinski definition) is 1. The Hall–Kier alpha value is -0.630. The highest BCUT2D eigenvalue weighted by atomic mass is 16.3. The molecule has 0 spiro atoms. The zero-order valence-corrected chi connectivity index (χ0v) is 14.5. The molecule has 2 nitrogen and oxygen atoms in total. The van der Waals surface area contributed by atoms with Crippen LogP contribution < -0.4 is 0 Å². The van der Waals surface area contributed by atoms with Crippen molar-refractivity contribution in [3.63, 3.8) is 0 Å². The monoisotopic (exact) mass is 304 g/mol. The van der Waals surface area contributed by atoms with Crippen LogP contribution in [0.15, 0.2) is 11.6 Å². The van der Waals surface area contributed by atoms with E-state index in [-0.39, 0.29) is 6.10 Å². The van der Waals surface area contributed by atoms with Crippen molar-refractivity contribution in [3.05, 3.63) is 11.6 Å². The number of Topliss-reactive ketones (excluding diaryl/α,β-unsaturated/α-hetero) is 1. The summed E-state index contributed by atoms with van der Waals surface area (Å²) in [4.78, 5) is 11.4. The van der Waals surface area contributed by atoms with Crippen LogP contribution in [0, 0.1) is 29.1 Å². The molecule has 0 aromatic rings. The molecule has 2 fully saturated rings. The second-order valence-corrected chi connectivity index (χ2v) is 8.51. The molecule has 124 valence electrons. The van der Waals surface area contributed by atoms with E-state index in [1.54, 1.807) is 6.92 Å². The van der Waals surface area contributed by atoms with Gasteiger partial charge >= 0.3 is 0 Å². The zero-order chi connectivity index (χ0) is 15.9. The van der Waals surface area contributed by atoms with Gasteiger partial charge in [0.2, 0.25) is 0 Å². The Kier molecular flexibility index (Phi) is 4.51. The average molecular weight is 304 g/mol. The summed E-state index contributed by atoms with van der Waals surface area (Å²) >= 11 is 0. The SMILES string of the molecule is CC(=O)CCC1C2CC=C3C[C@@H](O)CC[C@]3(C)C2CC[C@H]1C. The van der Waals surface area contributed by atoms with Crippen molar-refractivity contribution in [3.8, 4) is 0 Å². The average Bonchev–Trinajstić information content (AvgIpc) is 2.46. The molecule has 22 heavy (non-hydrogen) atoms. The number of rotatable bonds is 3. The summed E-state index contributed by atoms with van der Waals surface area (Å²) in [6, 6.07) is 0. The van der Waals surface area contributed by atoms with Crippen molar-refractivity contribution >= 4 is 5.78 Å². The lowest BCUT2D eigenvalue weighted by Crippen LogP contribution is -2.47. The van der Waals surface area contributed by atoms with Crippen LogP contribution in [0.5, 0.6) is 0 Å². The first kappa shape index (κ1) is 16.2. The maximum absolute atomic E-state index is 11.4. The Morgan fingerprint density at radius 2 is 2.14 bits per heavy atom. The molecule has 3 unspecified atom stereocenters. The van der Waals surface area contributed by atoms with Crippen molar-refractivity contribution in [2.75, 3.05) is 0 Å². The first-order valence-electron chi connectivity index (χ1n) is 9.29. The van der Waals surface area contributed by atoms with Gasteiger partial charge in [0.25, 0.3) is 0 Å². The van der Waals surface area contributed by atoms with Crippen LogP contribution in [0.25, 0.3) is 0 Å². The fourth-order valence-electron chi connectivity index (χ4n) is 5.82. The summed E-state index contributed by atoms with van der Waals surface area (Å²) in [6.07, 6.45) is 11.0. The predicted molar refractivity (Wildman–Crippen MR) is 89.4 cm³/mol. The van der Waals surface area contributed by atoms with Gasteiger partial charge in [0.1, 0.15) is 5.78 Å². The lowest BCUT2D eigenvalue weighted by molar-refractivity contribution is -0.117. The fraction of sp³-hybridized carbons (Fsp3) is 0.850. The molecule has 0 heterocycles. The van der Waals surface area contributed by atoms with Gasteiger partial charge in [-0.25, -0.2) is 0 Å². The van der Waals surface area contributed by atoms with E-state index < -0.39 is 0 Å². The van der Waals surface area contributed by atoms with Crippen LogP contribution in [-0.2, 0) is 4.79 Å². The number of hydrogen-bond acceptors (Lipinski definition) is 2. The number of aliphatic hydroxyl groups is 1. The van der Waals surface area contributed by atoms with Gasteiger partial charge in [-0.05, 0) is 74.5 Å². The Bertz CT molecular complexity index is 466. The number of ketones is 1. The van der Waals surface area contributed by atoms with Crippen molar-refractivity contribution < 1.29 is 9.90 Å². The van der Waals surface area contributed by atoms with Gasteiger partial charge in [-0.15, -0.1) is 0 Å². The van der Waals surface area contributed by atoms with Gasteiger partial charge in [0.05, 0.1) is 6.10 Å². The summed E-state index contributed by atoms with van der Waals surface area (Å²) < 4.78 is 0. The molecule has 0 aromatic heterocycles. The smallest absolute Gasteiger partial charge is 0.129 e. The lowest BCUT2D eigenvalue weighted by Gasteiger charge is -2.55. The molecule has 3 rings (SSSR count). The Balaban J connectivity index is 1.83. The number of allylic oxidation sites excluding steroid dienone is 1. The maximum Gasteiger partial charge on any atom is 0.129 e. The van der Waals surface area contributed by atoms with Crippen LogP contribution in [0.3, 0.4) is 0 Å². The Morgan fingerprint density at radius 3 is 2.86 bits per heavy atom. The van der Waals surface area contributed by atoms with E-state index in [1.165, 1.54) is 24.8 Å². The molecule has 0 aromatic carbocycles. The summed E-state index contributed by atoms with van der Waals surface area (Å²) in [5, 5.41) is 10.0. The minimum Gasteiger partial charge on any atom is -0.393 e. The Labute approximate surface area is 135 Å². The number of fused-ring (bicyclic) bond motifs is 3. The summed E-state index contributed by atoms with van der Waals surface area (Å²) in [6.45, 7) is 6.58. The molecule has 2 saturated carbocycles. The minimum absolute atomic E-state index is 0.119. The topological polar surface area (TPSA) is 37.3 Å². The van der Waals surface area contributed by atoms with E-state index in [0.717, 1.165) is 49.9 Å². The number of carbonyl (C=O) groups is 1. The first-order chi connectivity index (χ1) is 10.4. The van der Waals surface area contributed by atoms with Gasteiger partial charge in [0.15, 0.2) is 0 Å². The van der Waals surface area contributed by atoms with Crippen LogP contribution in [0.1, 0.15) is 72.1 Å². The highest BCUT2D eigenvalue weighted by molar-refractivity contribution is 5.75. The molecule has 0 amide bonds. The molecule has 3 aliphatic rings. The zero-order valence-electron chi connectivity index (χ0n) is 14.5. The van der Waals surface area contributed by atoms with E-state index in [0.29, 0.717) is 17.1 Å². The number of aliphatic hydroxyl groups excluding tert-OH is 1. The summed E-state index contributed by atoms with van der Waals surface area (Å²) in [5.41, 5.74) is 1.85. The van der Waals surface area contributed by atoms with Crippen LogP contribution in [-0.4, -0.2) is 17.0 Å². The lowest BCUT2D eigenvalue weighted by atomic mass is 9.50. The third kappa shape index (κ3) is 2.79. The molecule has 6 atom stereocenters. The second kappa shape index (κ2) is 6.11.